The van der Waals surface area contributed by atoms with Crippen LogP contribution in [0.2, 0.25) is 0 Å². The fourth-order valence-electron chi connectivity index (χ4n) is 0.627. The van der Waals surface area contributed by atoms with E-state index in [-0.39, 0.29) is 5.69 Å². The van der Waals surface area contributed by atoms with Gasteiger partial charge in [-0.2, -0.15) is 0 Å². The predicted octanol–water partition coefficient (Wildman–Crippen LogP) is -0.567. The number of carbonyl (C=O) groups is 1. The summed E-state index contributed by atoms with van der Waals surface area (Å²) in [6.07, 6.45) is 0. The molecule has 0 aliphatic heterocycles. The summed E-state index contributed by atoms with van der Waals surface area (Å²) in [6, 6.07) is 0.843. The lowest BCUT2D eigenvalue weighted by Crippen LogP contribution is -2.29. The number of rotatable bonds is 1. The zero-order chi connectivity index (χ0) is 9.30. The van der Waals surface area contributed by atoms with Gasteiger partial charge >= 0.3 is 11.7 Å². The fraction of sp³-hybridized carbons (Fsp3) is 0. The minimum atomic E-state index is -1.31. The summed E-state index contributed by atoms with van der Waals surface area (Å²) in [5, 5.41) is 8.50. The van der Waals surface area contributed by atoms with Crippen molar-refractivity contribution < 1.29 is 9.90 Å². The lowest BCUT2D eigenvalue weighted by molar-refractivity contribution is 0.0689. The first-order valence-electron chi connectivity index (χ1n) is 2.78. The van der Waals surface area contributed by atoms with Gasteiger partial charge in [0, 0.05) is 6.07 Å². The Labute approximate surface area is 79.3 Å². The van der Waals surface area contributed by atoms with Crippen LogP contribution >= 0.6 is 22.9 Å². The van der Waals surface area contributed by atoms with E-state index in [0.29, 0.717) is 0 Å². The number of carboxylic acid groups (broad SMARTS) is 1. The lowest BCUT2D eigenvalue weighted by atomic mass is 10.4. The molecule has 1 aromatic rings. The van der Waals surface area contributed by atoms with E-state index in [1.807, 2.05) is 4.98 Å². The van der Waals surface area contributed by atoms with Crippen molar-refractivity contribution >= 4 is 28.8 Å². The Morgan fingerprint density at radius 2 is 2.17 bits per heavy atom. The number of hydrogen-bond donors (Lipinski definition) is 2. The van der Waals surface area contributed by atoms with Crippen LogP contribution in [0.3, 0.4) is 0 Å². The van der Waals surface area contributed by atoms with E-state index in [2.05, 4.69) is 0 Å². The molecule has 0 aromatic carbocycles. The highest BCUT2D eigenvalue weighted by molar-refractivity contribution is 14.1. The van der Waals surface area contributed by atoms with Crippen molar-refractivity contribution in [1.82, 2.24) is 7.76 Å². The number of nitrogens with zero attached hydrogens (tertiary/aromatic N) is 1. The molecule has 64 valence electrons. The molecule has 0 fully saturated rings. The molecular formula is C5H3IN2O4. The van der Waals surface area contributed by atoms with Gasteiger partial charge in [-0.1, -0.05) is 0 Å². The molecule has 0 spiro atoms. The van der Waals surface area contributed by atoms with E-state index in [4.69, 9.17) is 5.11 Å². The second-order valence-corrected chi connectivity index (χ2v) is 2.87. The molecule has 1 rings (SSSR count). The molecule has 0 amide bonds. The Morgan fingerprint density at radius 3 is 2.67 bits per heavy atom. The highest BCUT2D eigenvalue weighted by Gasteiger charge is 2.09. The third kappa shape index (κ3) is 1.55. The van der Waals surface area contributed by atoms with Gasteiger partial charge < -0.3 is 5.11 Å². The van der Waals surface area contributed by atoms with Crippen molar-refractivity contribution in [2.24, 2.45) is 0 Å². The average molecular weight is 282 g/mol. The van der Waals surface area contributed by atoms with Crippen molar-refractivity contribution in [2.45, 2.75) is 0 Å². The number of carboxylic acids is 1. The Bertz CT molecular complexity index is 432. The maximum Gasteiger partial charge on any atom is 0.353 e. The van der Waals surface area contributed by atoms with Crippen LogP contribution in [0.25, 0.3) is 0 Å². The van der Waals surface area contributed by atoms with Crippen LogP contribution in [0.15, 0.2) is 15.7 Å². The second kappa shape index (κ2) is 3.09. The van der Waals surface area contributed by atoms with Crippen molar-refractivity contribution in [1.29, 1.82) is 0 Å². The SMILES string of the molecule is O=C(O)c1cc(=O)[nH]c(=O)n1I. The maximum atomic E-state index is 10.8. The largest absolute Gasteiger partial charge is 0.477 e. The maximum absolute atomic E-state index is 10.8. The number of aromatic nitrogens is 2. The van der Waals surface area contributed by atoms with E-state index in [1.165, 1.54) is 22.9 Å². The standard InChI is InChI=1S/C5H3IN2O4/c6-8-2(4(10)11)1-3(9)7-5(8)12/h1H,(H,10,11)(H,7,9,12). The Kier molecular flexibility index (Phi) is 2.31. The number of hydrogen-bond acceptors (Lipinski definition) is 3. The molecule has 7 heteroatoms. The molecule has 1 aromatic heterocycles. The molecule has 0 atom stereocenters. The van der Waals surface area contributed by atoms with E-state index < -0.39 is 17.2 Å². The summed E-state index contributed by atoms with van der Waals surface area (Å²) < 4.78 is 0.821. The summed E-state index contributed by atoms with van der Waals surface area (Å²) in [5.74, 6) is -1.31. The zero-order valence-electron chi connectivity index (χ0n) is 5.57. The van der Waals surface area contributed by atoms with Gasteiger partial charge in [0.25, 0.3) is 5.56 Å². The van der Waals surface area contributed by atoms with E-state index in [9.17, 15) is 14.4 Å². The Hall–Kier alpha value is -1.12. The van der Waals surface area contributed by atoms with Crippen molar-refractivity contribution in [3.63, 3.8) is 0 Å². The van der Waals surface area contributed by atoms with Gasteiger partial charge in [-0.05, 0) is 0 Å². The molecule has 0 unspecified atom stereocenters. The van der Waals surface area contributed by atoms with Crippen LogP contribution in [0.5, 0.6) is 0 Å². The minimum absolute atomic E-state index is 0.343. The number of H-pyrrole nitrogens is 1. The molecule has 0 saturated carbocycles. The van der Waals surface area contributed by atoms with Crippen LogP contribution in [0, 0.1) is 0 Å². The zero-order valence-corrected chi connectivity index (χ0v) is 7.73. The first-order valence-corrected chi connectivity index (χ1v) is 3.74. The van der Waals surface area contributed by atoms with Crippen molar-refractivity contribution in [3.05, 3.63) is 32.6 Å². The first-order chi connectivity index (χ1) is 5.52. The normalized spacial score (nSPS) is 9.75. The van der Waals surface area contributed by atoms with Crippen LogP contribution in [-0.4, -0.2) is 18.8 Å². The summed E-state index contributed by atoms with van der Waals surface area (Å²) in [6.45, 7) is 0. The molecule has 0 radical (unpaired) electrons. The number of halogens is 1. The molecule has 12 heavy (non-hydrogen) atoms. The van der Waals surface area contributed by atoms with Crippen LogP contribution in [0.4, 0.5) is 0 Å². The van der Waals surface area contributed by atoms with Crippen LogP contribution in [0.1, 0.15) is 10.5 Å². The van der Waals surface area contributed by atoms with Crippen molar-refractivity contribution in [3.8, 4) is 0 Å². The summed E-state index contributed by atoms with van der Waals surface area (Å²) in [7, 11) is 0. The molecule has 6 nitrogen and oxygen atoms in total. The van der Waals surface area contributed by atoms with E-state index in [1.54, 1.807) is 0 Å². The van der Waals surface area contributed by atoms with Crippen LogP contribution < -0.4 is 11.2 Å². The lowest BCUT2D eigenvalue weighted by Gasteiger charge is -1.97. The highest BCUT2D eigenvalue weighted by Crippen LogP contribution is 1.95. The fourth-order valence-corrected chi connectivity index (χ4v) is 1.09. The average Bonchev–Trinajstić information content (AvgIpc) is 1.96. The Balaban J connectivity index is 3.59. The van der Waals surface area contributed by atoms with Gasteiger partial charge in [0.15, 0.2) is 0 Å². The van der Waals surface area contributed by atoms with Gasteiger partial charge in [-0.15, -0.1) is 0 Å². The van der Waals surface area contributed by atoms with Gasteiger partial charge in [0.05, 0.1) is 22.9 Å². The monoisotopic (exact) mass is 282 g/mol. The molecule has 0 bridgehead atoms. The summed E-state index contributed by atoms with van der Waals surface area (Å²) in [4.78, 5) is 33.8. The minimum Gasteiger partial charge on any atom is -0.477 e. The number of aromatic amines is 1. The number of aromatic carboxylic acids is 1. The van der Waals surface area contributed by atoms with Gasteiger partial charge in [0.1, 0.15) is 5.69 Å². The topological polar surface area (TPSA) is 92.2 Å². The highest BCUT2D eigenvalue weighted by atomic mass is 127. The van der Waals surface area contributed by atoms with Gasteiger partial charge in [0.2, 0.25) is 0 Å². The summed E-state index contributed by atoms with van der Waals surface area (Å²) >= 11 is 1.49. The predicted molar refractivity (Wildman–Crippen MR) is 47.7 cm³/mol. The number of nitrogens with one attached hydrogen (secondary N) is 1. The third-order valence-electron chi connectivity index (χ3n) is 1.11. The molecule has 0 aliphatic carbocycles. The molecule has 1 heterocycles. The third-order valence-corrected chi connectivity index (χ3v) is 2.06. The molecule has 0 saturated heterocycles. The first kappa shape index (κ1) is 8.97. The molecular weight excluding hydrogens is 279 g/mol. The summed E-state index contributed by atoms with van der Waals surface area (Å²) in [5.41, 5.74) is -1.81. The van der Waals surface area contributed by atoms with Crippen molar-refractivity contribution in [2.75, 3.05) is 0 Å². The molecule has 2 N–H and O–H groups in total. The van der Waals surface area contributed by atoms with E-state index >= 15 is 0 Å². The Morgan fingerprint density at radius 1 is 1.58 bits per heavy atom. The smallest absolute Gasteiger partial charge is 0.353 e. The van der Waals surface area contributed by atoms with Gasteiger partial charge in [-0.25, -0.2) is 12.4 Å². The van der Waals surface area contributed by atoms with Crippen LogP contribution in [-0.2, 0) is 0 Å². The second-order valence-electron chi connectivity index (χ2n) is 1.91. The molecule has 0 aliphatic rings. The van der Waals surface area contributed by atoms with Gasteiger partial charge in [-0.3, -0.25) is 9.78 Å². The quantitative estimate of drug-likeness (QED) is 0.675. The van der Waals surface area contributed by atoms with E-state index in [0.717, 1.165) is 8.85 Å².